The van der Waals surface area contributed by atoms with E-state index in [1.54, 1.807) is 6.07 Å². The summed E-state index contributed by atoms with van der Waals surface area (Å²) < 4.78 is 0. The van der Waals surface area contributed by atoms with Crippen molar-refractivity contribution in [3.8, 4) is 0 Å². The maximum Gasteiger partial charge on any atom is 0.224 e. The Morgan fingerprint density at radius 3 is 2.79 bits per heavy atom. The third-order valence-corrected chi connectivity index (χ3v) is 3.45. The van der Waals surface area contributed by atoms with Crippen LogP contribution in [0.5, 0.6) is 0 Å². The molecule has 0 atom stereocenters. The summed E-state index contributed by atoms with van der Waals surface area (Å²) >= 11 is 1.84. The van der Waals surface area contributed by atoms with Gasteiger partial charge >= 0.3 is 0 Å². The van der Waals surface area contributed by atoms with Gasteiger partial charge in [-0.2, -0.15) is 11.8 Å². The number of hydrogen-bond donors (Lipinski definition) is 2. The molecule has 0 spiro atoms. The van der Waals surface area contributed by atoms with Gasteiger partial charge in [-0.25, -0.2) is 0 Å². The smallest absolute Gasteiger partial charge is 0.224 e. The summed E-state index contributed by atoms with van der Waals surface area (Å²) in [5.41, 5.74) is 7.08. The lowest BCUT2D eigenvalue weighted by atomic mass is 10.2. The molecule has 1 aromatic rings. The number of carbonyl (C=O) groups is 1. The van der Waals surface area contributed by atoms with Crippen LogP contribution in [-0.4, -0.2) is 43.0 Å². The van der Waals surface area contributed by atoms with Crippen LogP contribution >= 0.6 is 11.8 Å². The minimum absolute atomic E-state index is 0.0242. The first-order valence-corrected chi connectivity index (χ1v) is 7.84. The standard InChI is InChI=1S/C14H23N3OS/c1-17(10-11-19-2)9-5-8-14(18)16-13-7-4-3-6-12(13)15/h3-4,6-7H,5,8-11,15H2,1-2H3,(H,16,18). The lowest BCUT2D eigenvalue weighted by molar-refractivity contribution is -0.116. The van der Waals surface area contributed by atoms with Crippen molar-refractivity contribution < 1.29 is 4.79 Å². The molecule has 1 amide bonds. The van der Waals surface area contributed by atoms with Crippen molar-refractivity contribution in [3.05, 3.63) is 24.3 Å². The number of para-hydroxylation sites is 2. The summed E-state index contributed by atoms with van der Waals surface area (Å²) in [7, 11) is 2.09. The van der Waals surface area contributed by atoms with Gasteiger partial charge in [0.1, 0.15) is 0 Å². The minimum Gasteiger partial charge on any atom is -0.397 e. The van der Waals surface area contributed by atoms with Gasteiger partial charge in [-0.3, -0.25) is 4.79 Å². The second-order valence-electron chi connectivity index (χ2n) is 4.54. The number of nitrogens with one attached hydrogen (secondary N) is 1. The highest BCUT2D eigenvalue weighted by Crippen LogP contribution is 2.16. The summed E-state index contributed by atoms with van der Waals surface area (Å²) in [5, 5.41) is 2.84. The largest absolute Gasteiger partial charge is 0.397 e. The number of hydrogen-bond acceptors (Lipinski definition) is 4. The summed E-state index contributed by atoms with van der Waals surface area (Å²) in [4.78, 5) is 14.0. The molecule has 0 aromatic heterocycles. The first-order valence-electron chi connectivity index (χ1n) is 6.45. The average molecular weight is 281 g/mol. The van der Waals surface area contributed by atoms with E-state index < -0.39 is 0 Å². The Morgan fingerprint density at radius 2 is 2.11 bits per heavy atom. The molecular formula is C14H23N3OS. The molecule has 0 saturated heterocycles. The third-order valence-electron chi connectivity index (χ3n) is 2.86. The van der Waals surface area contributed by atoms with Gasteiger partial charge in [-0.15, -0.1) is 0 Å². The van der Waals surface area contributed by atoms with Crippen LogP contribution in [0.25, 0.3) is 0 Å². The van der Waals surface area contributed by atoms with E-state index in [1.807, 2.05) is 30.0 Å². The molecule has 3 N–H and O–H groups in total. The number of benzene rings is 1. The van der Waals surface area contributed by atoms with E-state index in [9.17, 15) is 4.79 Å². The van der Waals surface area contributed by atoms with Crippen molar-refractivity contribution in [1.29, 1.82) is 0 Å². The number of amides is 1. The van der Waals surface area contributed by atoms with Gasteiger partial charge in [-0.05, 0) is 38.4 Å². The number of rotatable bonds is 8. The Labute approximate surface area is 119 Å². The van der Waals surface area contributed by atoms with E-state index in [0.29, 0.717) is 17.8 Å². The number of anilines is 2. The predicted octanol–water partition coefficient (Wildman–Crippen LogP) is 2.28. The third kappa shape index (κ3) is 6.50. The quantitative estimate of drug-likeness (QED) is 0.718. The van der Waals surface area contributed by atoms with Crippen LogP contribution < -0.4 is 11.1 Å². The van der Waals surface area contributed by atoms with Crippen molar-refractivity contribution in [2.24, 2.45) is 0 Å². The molecule has 5 heteroatoms. The van der Waals surface area contributed by atoms with Crippen molar-refractivity contribution in [2.75, 3.05) is 43.2 Å². The van der Waals surface area contributed by atoms with Gasteiger partial charge in [0.15, 0.2) is 0 Å². The Morgan fingerprint density at radius 1 is 1.37 bits per heavy atom. The number of nitrogens with zero attached hydrogens (tertiary/aromatic N) is 1. The molecule has 1 aromatic carbocycles. The normalized spacial score (nSPS) is 10.7. The van der Waals surface area contributed by atoms with Gasteiger partial charge in [0.2, 0.25) is 5.91 Å². The number of nitrogen functional groups attached to an aromatic ring is 1. The predicted molar refractivity (Wildman–Crippen MR) is 84.6 cm³/mol. The maximum atomic E-state index is 11.8. The summed E-state index contributed by atoms with van der Waals surface area (Å²) in [6, 6.07) is 7.32. The van der Waals surface area contributed by atoms with Crippen molar-refractivity contribution in [3.63, 3.8) is 0 Å². The molecule has 0 heterocycles. The fraction of sp³-hybridized carbons (Fsp3) is 0.500. The number of carbonyl (C=O) groups excluding carboxylic acids is 1. The Hall–Kier alpha value is -1.20. The van der Waals surface area contributed by atoms with Crippen LogP contribution in [0.15, 0.2) is 24.3 Å². The Bertz CT molecular complexity index is 398. The zero-order valence-corrected chi connectivity index (χ0v) is 12.5. The van der Waals surface area contributed by atoms with Gasteiger partial charge in [0.25, 0.3) is 0 Å². The van der Waals surface area contributed by atoms with Crippen LogP contribution in [-0.2, 0) is 4.79 Å². The highest BCUT2D eigenvalue weighted by atomic mass is 32.2. The van der Waals surface area contributed by atoms with Crippen LogP contribution in [0, 0.1) is 0 Å². The second kappa shape index (κ2) is 8.82. The number of thioether (sulfide) groups is 1. The summed E-state index contributed by atoms with van der Waals surface area (Å²) in [6.07, 6.45) is 3.49. The van der Waals surface area contributed by atoms with E-state index in [0.717, 1.165) is 25.3 Å². The first-order chi connectivity index (χ1) is 9.13. The fourth-order valence-electron chi connectivity index (χ4n) is 1.69. The zero-order valence-electron chi connectivity index (χ0n) is 11.7. The highest BCUT2D eigenvalue weighted by molar-refractivity contribution is 7.98. The molecule has 0 unspecified atom stereocenters. The monoisotopic (exact) mass is 281 g/mol. The van der Waals surface area contributed by atoms with Gasteiger partial charge in [0.05, 0.1) is 11.4 Å². The maximum absolute atomic E-state index is 11.8. The van der Waals surface area contributed by atoms with Gasteiger partial charge < -0.3 is 16.0 Å². The van der Waals surface area contributed by atoms with Crippen LogP contribution in [0.2, 0.25) is 0 Å². The van der Waals surface area contributed by atoms with Gasteiger partial charge in [-0.1, -0.05) is 12.1 Å². The van der Waals surface area contributed by atoms with E-state index in [4.69, 9.17) is 5.73 Å². The van der Waals surface area contributed by atoms with E-state index >= 15 is 0 Å². The van der Waals surface area contributed by atoms with Crippen LogP contribution in [0.1, 0.15) is 12.8 Å². The lowest BCUT2D eigenvalue weighted by Crippen LogP contribution is -2.23. The van der Waals surface area contributed by atoms with Crippen LogP contribution in [0.4, 0.5) is 11.4 Å². The fourth-order valence-corrected chi connectivity index (χ4v) is 2.19. The molecule has 0 saturated carbocycles. The Balaban J connectivity index is 2.23. The first kappa shape index (κ1) is 15.9. The highest BCUT2D eigenvalue weighted by Gasteiger charge is 2.05. The molecule has 0 fully saturated rings. The molecule has 19 heavy (non-hydrogen) atoms. The number of nitrogens with two attached hydrogens (primary N) is 1. The van der Waals surface area contributed by atoms with E-state index in [2.05, 4.69) is 23.5 Å². The zero-order chi connectivity index (χ0) is 14.1. The topological polar surface area (TPSA) is 58.4 Å². The van der Waals surface area contributed by atoms with E-state index in [-0.39, 0.29) is 5.91 Å². The lowest BCUT2D eigenvalue weighted by Gasteiger charge is -2.15. The summed E-state index contributed by atoms with van der Waals surface area (Å²) in [5.74, 6) is 1.15. The molecular weight excluding hydrogens is 258 g/mol. The van der Waals surface area contributed by atoms with Gasteiger partial charge in [0, 0.05) is 18.7 Å². The summed E-state index contributed by atoms with van der Waals surface area (Å²) in [6.45, 7) is 2.01. The van der Waals surface area contributed by atoms with E-state index in [1.165, 1.54) is 0 Å². The molecule has 106 valence electrons. The molecule has 0 aliphatic heterocycles. The average Bonchev–Trinajstić information content (AvgIpc) is 2.39. The molecule has 0 bridgehead atoms. The molecule has 0 radical (unpaired) electrons. The molecule has 0 aliphatic carbocycles. The minimum atomic E-state index is 0.0242. The van der Waals surface area contributed by atoms with Crippen molar-refractivity contribution >= 4 is 29.0 Å². The van der Waals surface area contributed by atoms with Crippen molar-refractivity contribution in [2.45, 2.75) is 12.8 Å². The molecule has 1 rings (SSSR count). The second-order valence-corrected chi connectivity index (χ2v) is 5.52. The van der Waals surface area contributed by atoms with Crippen LogP contribution in [0.3, 0.4) is 0 Å². The van der Waals surface area contributed by atoms with Crippen molar-refractivity contribution in [1.82, 2.24) is 4.90 Å². The SMILES string of the molecule is CSCCN(C)CCCC(=O)Nc1ccccc1N. The molecule has 4 nitrogen and oxygen atoms in total. The Kier molecular flexibility index (Phi) is 7.36. The molecule has 0 aliphatic rings.